The van der Waals surface area contributed by atoms with Crippen molar-refractivity contribution in [1.82, 2.24) is 5.32 Å². The van der Waals surface area contributed by atoms with Crippen molar-refractivity contribution in [3.8, 4) is 0 Å². The summed E-state index contributed by atoms with van der Waals surface area (Å²) in [7, 11) is 1.35. The summed E-state index contributed by atoms with van der Waals surface area (Å²) < 4.78 is 10.0. The average molecular weight is 362 g/mol. The summed E-state index contributed by atoms with van der Waals surface area (Å²) in [6.07, 6.45) is 0.664. The van der Waals surface area contributed by atoms with Gasteiger partial charge >= 0.3 is 5.97 Å². The zero-order valence-corrected chi connectivity index (χ0v) is 14.7. The Bertz CT molecular complexity index is 716. The highest BCUT2D eigenvalue weighted by Crippen LogP contribution is 2.15. The summed E-state index contributed by atoms with van der Waals surface area (Å²) in [6, 6.07) is 14.4. The molecule has 0 unspecified atom stereocenters. The van der Waals surface area contributed by atoms with Crippen LogP contribution in [-0.2, 0) is 27.3 Å². The predicted molar refractivity (Wildman–Crippen MR) is 95.6 cm³/mol. The number of carbonyl (C=O) groups excluding carboxylic acids is 2. The Morgan fingerprint density at radius 3 is 2.48 bits per heavy atom. The summed E-state index contributed by atoms with van der Waals surface area (Å²) in [5, 5.41) is 3.42. The van der Waals surface area contributed by atoms with Gasteiger partial charge in [-0.1, -0.05) is 41.9 Å². The zero-order valence-electron chi connectivity index (χ0n) is 14.0. The molecule has 2 rings (SSSR count). The van der Waals surface area contributed by atoms with Crippen LogP contribution in [0.1, 0.15) is 21.5 Å². The van der Waals surface area contributed by atoms with Gasteiger partial charge in [0.1, 0.15) is 6.61 Å². The first-order chi connectivity index (χ1) is 12.1. The first kappa shape index (κ1) is 19.0. The smallest absolute Gasteiger partial charge is 0.337 e. The molecule has 0 radical (unpaired) electrons. The van der Waals surface area contributed by atoms with Gasteiger partial charge in [0.25, 0.3) is 0 Å². The topological polar surface area (TPSA) is 64.6 Å². The number of hydrogen-bond donors (Lipinski definition) is 1. The molecule has 1 N–H and O–H groups in total. The molecule has 0 heterocycles. The molecule has 0 aliphatic heterocycles. The molecule has 2 aromatic carbocycles. The lowest BCUT2D eigenvalue weighted by Crippen LogP contribution is -2.29. The van der Waals surface area contributed by atoms with Gasteiger partial charge in [0.05, 0.1) is 19.3 Å². The number of halogens is 1. The lowest BCUT2D eigenvalue weighted by Gasteiger charge is -2.08. The number of rotatable bonds is 8. The van der Waals surface area contributed by atoms with E-state index in [-0.39, 0.29) is 18.5 Å². The molecule has 132 valence electrons. The van der Waals surface area contributed by atoms with Crippen LogP contribution in [0.25, 0.3) is 0 Å². The second kappa shape index (κ2) is 9.81. The Morgan fingerprint density at radius 2 is 1.80 bits per heavy atom. The summed E-state index contributed by atoms with van der Waals surface area (Å²) in [5.74, 6) is -0.547. The maximum atomic E-state index is 11.8. The van der Waals surface area contributed by atoms with Gasteiger partial charge in [-0.3, -0.25) is 4.79 Å². The third kappa shape index (κ3) is 6.21. The highest BCUT2D eigenvalue weighted by Gasteiger charge is 2.06. The minimum absolute atomic E-state index is 0.0213. The second-order valence-electron chi connectivity index (χ2n) is 5.37. The summed E-state index contributed by atoms with van der Waals surface area (Å²) in [5.41, 5.74) is 2.37. The highest BCUT2D eigenvalue weighted by molar-refractivity contribution is 6.31. The minimum atomic E-state index is -0.365. The van der Waals surface area contributed by atoms with Crippen LogP contribution < -0.4 is 5.32 Å². The van der Waals surface area contributed by atoms with Gasteiger partial charge < -0.3 is 14.8 Å². The molecular weight excluding hydrogens is 342 g/mol. The van der Waals surface area contributed by atoms with E-state index in [0.29, 0.717) is 30.2 Å². The lowest BCUT2D eigenvalue weighted by molar-refractivity contribution is -0.126. The second-order valence-corrected chi connectivity index (χ2v) is 5.78. The summed E-state index contributed by atoms with van der Waals surface area (Å²) in [6.45, 7) is 0.764. The molecule has 0 atom stereocenters. The van der Waals surface area contributed by atoms with Crippen LogP contribution in [0, 0.1) is 0 Å². The van der Waals surface area contributed by atoms with Crippen LogP contribution >= 0.6 is 11.6 Å². The highest BCUT2D eigenvalue weighted by atomic mass is 35.5. The fourth-order valence-electron chi connectivity index (χ4n) is 2.19. The van der Waals surface area contributed by atoms with Crippen LogP contribution in [-0.4, -0.2) is 32.1 Å². The number of nitrogens with one attached hydrogen (secondary N) is 1. The molecule has 0 bridgehead atoms. The molecule has 0 fully saturated rings. The zero-order chi connectivity index (χ0) is 18.1. The van der Waals surface area contributed by atoms with Crippen molar-refractivity contribution in [3.05, 3.63) is 70.2 Å². The molecule has 0 spiro atoms. The molecule has 0 aliphatic rings. The fraction of sp³-hybridized carbons (Fsp3) is 0.263. The minimum Gasteiger partial charge on any atom is -0.465 e. The SMILES string of the molecule is COC(=O)c1ccc(CCNC(=O)COCc2ccccc2Cl)cc1. The summed E-state index contributed by atoms with van der Waals surface area (Å²) in [4.78, 5) is 23.1. The van der Waals surface area contributed by atoms with Crippen molar-refractivity contribution in [1.29, 1.82) is 0 Å². The van der Waals surface area contributed by atoms with Gasteiger partial charge in [-0.15, -0.1) is 0 Å². The van der Waals surface area contributed by atoms with Crippen molar-refractivity contribution in [2.45, 2.75) is 13.0 Å². The van der Waals surface area contributed by atoms with Crippen LogP contribution in [0.3, 0.4) is 0 Å². The molecule has 1 amide bonds. The number of ether oxygens (including phenoxy) is 2. The largest absolute Gasteiger partial charge is 0.465 e. The van der Waals surface area contributed by atoms with Crippen LogP contribution in [0.4, 0.5) is 0 Å². The van der Waals surface area contributed by atoms with Crippen LogP contribution in [0.15, 0.2) is 48.5 Å². The maximum absolute atomic E-state index is 11.8. The van der Waals surface area contributed by atoms with E-state index in [0.717, 1.165) is 11.1 Å². The molecule has 0 saturated carbocycles. The molecule has 0 saturated heterocycles. The van der Waals surface area contributed by atoms with E-state index in [9.17, 15) is 9.59 Å². The Balaban J connectivity index is 1.66. The molecule has 2 aromatic rings. The van der Waals surface area contributed by atoms with E-state index >= 15 is 0 Å². The van der Waals surface area contributed by atoms with E-state index in [1.807, 2.05) is 30.3 Å². The predicted octanol–water partition coefficient (Wildman–Crippen LogP) is 3.00. The van der Waals surface area contributed by atoms with Crippen molar-refractivity contribution >= 4 is 23.5 Å². The van der Waals surface area contributed by atoms with E-state index in [2.05, 4.69) is 10.1 Å². The van der Waals surface area contributed by atoms with Crippen LogP contribution in [0.2, 0.25) is 5.02 Å². The third-order valence-corrected chi connectivity index (χ3v) is 3.93. The van der Waals surface area contributed by atoms with Crippen molar-refractivity contribution in [2.24, 2.45) is 0 Å². The van der Waals surface area contributed by atoms with Crippen LogP contribution in [0.5, 0.6) is 0 Å². The van der Waals surface area contributed by atoms with E-state index in [4.69, 9.17) is 16.3 Å². The molecule has 6 heteroatoms. The molecule has 25 heavy (non-hydrogen) atoms. The monoisotopic (exact) mass is 361 g/mol. The number of benzene rings is 2. The molecule has 0 aromatic heterocycles. The van der Waals surface area contributed by atoms with Crippen molar-refractivity contribution in [3.63, 3.8) is 0 Å². The van der Waals surface area contributed by atoms with Gasteiger partial charge in [-0.25, -0.2) is 4.79 Å². The number of methoxy groups -OCH3 is 1. The van der Waals surface area contributed by atoms with E-state index < -0.39 is 0 Å². The maximum Gasteiger partial charge on any atom is 0.337 e. The number of carbonyl (C=O) groups is 2. The Hall–Kier alpha value is -2.37. The van der Waals surface area contributed by atoms with Gasteiger partial charge in [-0.2, -0.15) is 0 Å². The van der Waals surface area contributed by atoms with E-state index in [1.54, 1.807) is 18.2 Å². The fourth-order valence-corrected chi connectivity index (χ4v) is 2.38. The van der Waals surface area contributed by atoms with Crippen molar-refractivity contribution in [2.75, 3.05) is 20.3 Å². The summed E-state index contributed by atoms with van der Waals surface area (Å²) >= 11 is 6.02. The van der Waals surface area contributed by atoms with Gasteiger partial charge in [0.15, 0.2) is 0 Å². The number of esters is 1. The normalized spacial score (nSPS) is 10.3. The van der Waals surface area contributed by atoms with Gasteiger partial charge in [0, 0.05) is 11.6 Å². The molecule has 5 nitrogen and oxygen atoms in total. The molecular formula is C19H20ClNO4. The standard InChI is InChI=1S/C19H20ClNO4/c1-24-19(23)15-8-6-14(7-9-15)10-11-21-18(22)13-25-12-16-4-2-3-5-17(16)20/h2-9H,10-13H2,1H3,(H,21,22). The average Bonchev–Trinajstić information content (AvgIpc) is 2.63. The van der Waals surface area contributed by atoms with E-state index in [1.165, 1.54) is 7.11 Å². The quantitative estimate of drug-likeness (QED) is 0.734. The Morgan fingerprint density at radius 1 is 1.08 bits per heavy atom. The lowest BCUT2D eigenvalue weighted by atomic mass is 10.1. The Labute approximate surface area is 151 Å². The molecule has 0 aliphatic carbocycles. The third-order valence-electron chi connectivity index (χ3n) is 3.56. The first-order valence-electron chi connectivity index (χ1n) is 7.85. The van der Waals surface area contributed by atoms with Gasteiger partial charge in [0.2, 0.25) is 5.91 Å². The van der Waals surface area contributed by atoms with Crippen molar-refractivity contribution < 1.29 is 19.1 Å². The number of hydrogen-bond acceptors (Lipinski definition) is 4. The Kier molecular flexibility index (Phi) is 7.44. The van der Waals surface area contributed by atoms with Gasteiger partial charge in [-0.05, 0) is 35.7 Å². The number of amides is 1. The first-order valence-corrected chi connectivity index (χ1v) is 8.23.